The molecule has 1 aromatic heterocycles. The number of fused-ring (bicyclic) bond motifs is 3. The standard InChI is InChI=1S/C31H29Cl2N3O3/c32-26-6-3-7-27(33)28(26)29-25(30(39-35-29)19-8-9-19)17-38-24-15-22-12-13-23(16-24)36(22)31(37)34-21-11-10-18-4-1-2-5-20(18)14-21/h1-7,10-11,14,19,22-24H,8-9,12-13,15-17H2,(H,34,37). The summed E-state index contributed by atoms with van der Waals surface area (Å²) in [6.07, 6.45) is 5.86. The molecule has 2 amide bonds. The first-order valence-electron chi connectivity index (χ1n) is 13.7. The van der Waals surface area contributed by atoms with E-state index < -0.39 is 0 Å². The molecule has 3 aliphatic rings. The van der Waals surface area contributed by atoms with Crippen LogP contribution < -0.4 is 5.32 Å². The SMILES string of the molecule is O=C(Nc1ccc2ccccc2c1)N1C2CCC1CC(OCc1c(-c3c(Cl)cccc3Cl)noc1C1CC1)C2. The number of carbonyl (C=O) groups is 1. The van der Waals surface area contributed by atoms with Crippen molar-refractivity contribution in [1.29, 1.82) is 0 Å². The predicted octanol–water partition coefficient (Wildman–Crippen LogP) is 8.42. The number of hydrogen-bond donors (Lipinski definition) is 1. The van der Waals surface area contributed by atoms with Crippen molar-refractivity contribution in [2.24, 2.45) is 0 Å². The highest BCUT2D eigenvalue weighted by molar-refractivity contribution is 6.39. The highest BCUT2D eigenvalue weighted by Crippen LogP contribution is 2.46. The van der Waals surface area contributed by atoms with Crippen LogP contribution in [0.1, 0.15) is 55.8 Å². The number of piperidine rings is 1. The number of aromatic nitrogens is 1. The number of carbonyl (C=O) groups excluding carboxylic acids is 1. The van der Waals surface area contributed by atoms with Crippen molar-refractivity contribution in [3.63, 3.8) is 0 Å². The summed E-state index contributed by atoms with van der Waals surface area (Å²) in [7, 11) is 0. The van der Waals surface area contributed by atoms with Gasteiger partial charge in [-0.05, 0) is 73.6 Å². The van der Waals surface area contributed by atoms with Crippen LogP contribution in [-0.4, -0.2) is 34.3 Å². The van der Waals surface area contributed by atoms with E-state index in [4.69, 9.17) is 32.5 Å². The molecule has 6 nitrogen and oxygen atoms in total. The van der Waals surface area contributed by atoms with Crippen LogP contribution in [0.2, 0.25) is 10.0 Å². The number of hydrogen-bond acceptors (Lipinski definition) is 4. The molecule has 2 saturated heterocycles. The predicted molar refractivity (Wildman–Crippen MR) is 153 cm³/mol. The summed E-state index contributed by atoms with van der Waals surface area (Å²) < 4.78 is 12.3. The third-order valence-corrected chi connectivity index (χ3v) is 8.98. The zero-order chi connectivity index (χ0) is 26.5. The zero-order valence-electron chi connectivity index (χ0n) is 21.4. The van der Waals surface area contributed by atoms with Gasteiger partial charge in [-0.2, -0.15) is 0 Å². The number of rotatable bonds is 6. The van der Waals surface area contributed by atoms with E-state index in [0.717, 1.165) is 66.3 Å². The summed E-state index contributed by atoms with van der Waals surface area (Å²) in [6.45, 7) is 0.389. The van der Waals surface area contributed by atoms with Gasteiger partial charge in [-0.1, -0.05) is 64.8 Å². The molecule has 0 spiro atoms. The maximum atomic E-state index is 13.3. The van der Waals surface area contributed by atoms with E-state index in [1.54, 1.807) is 0 Å². The van der Waals surface area contributed by atoms with E-state index in [0.29, 0.717) is 33.8 Å². The van der Waals surface area contributed by atoms with E-state index in [2.05, 4.69) is 22.6 Å². The Kier molecular flexibility index (Phi) is 6.50. The molecular weight excluding hydrogens is 533 g/mol. The van der Waals surface area contributed by atoms with Crippen LogP contribution in [0.4, 0.5) is 10.5 Å². The van der Waals surface area contributed by atoms with Crippen molar-refractivity contribution >= 4 is 45.7 Å². The number of anilines is 1. The molecule has 0 radical (unpaired) electrons. The highest BCUT2D eigenvalue weighted by atomic mass is 35.5. The van der Waals surface area contributed by atoms with Gasteiger partial charge in [-0.15, -0.1) is 0 Å². The summed E-state index contributed by atoms with van der Waals surface area (Å²) in [5, 5.41) is 10.9. The lowest BCUT2D eigenvalue weighted by molar-refractivity contribution is -0.0158. The summed E-state index contributed by atoms with van der Waals surface area (Å²) in [4.78, 5) is 15.4. The van der Waals surface area contributed by atoms with Gasteiger partial charge in [-0.25, -0.2) is 4.79 Å². The Hall–Kier alpha value is -3.06. The average Bonchev–Trinajstić information content (AvgIpc) is 3.64. The van der Waals surface area contributed by atoms with E-state index in [9.17, 15) is 4.79 Å². The van der Waals surface area contributed by atoms with Crippen LogP contribution in [0.15, 0.2) is 65.2 Å². The van der Waals surface area contributed by atoms with Gasteiger partial charge in [0.2, 0.25) is 0 Å². The smallest absolute Gasteiger partial charge is 0.322 e. The number of amides is 2. The molecule has 1 aliphatic carbocycles. The Labute approximate surface area is 237 Å². The molecule has 1 saturated carbocycles. The van der Waals surface area contributed by atoms with Crippen molar-refractivity contribution in [1.82, 2.24) is 10.1 Å². The molecule has 200 valence electrons. The summed E-state index contributed by atoms with van der Waals surface area (Å²) in [5.41, 5.74) is 3.12. The molecule has 2 aliphatic heterocycles. The minimum Gasteiger partial charge on any atom is -0.373 e. The maximum absolute atomic E-state index is 13.3. The number of ether oxygens (including phenoxy) is 1. The molecule has 3 fully saturated rings. The molecular formula is C31H29Cl2N3O3. The number of benzene rings is 3. The second-order valence-electron chi connectivity index (χ2n) is 10.9. The Morgan fingerprint density at radius 2 is 1.67 bits per heavy atom. The van der Waals surface area contributed by atoms with Crippen molar-refractivity contribution < 1.29 is 14.1 Å². The van der Waals surface area contributed by atoms with E-state index in [1.807, 2.05) is 53.4 Å². The van der Waals surface area contributed by atoms with Gasteiger partial charge in [0.15, 0.2) is 0 Å². The Morgan fingerprint density at radius 3 is 2.38 bits per heavy atom. The Balaban J connectivity index is 1.05. The Morgan fingerprint density at radius 1 is 0.949 bits per heavy atom. The van der Waals surface area contributed by atoms with Crippen molar-refractivity contribution in [3.05, 3.63) is 82.0 Å². The summed E-state index contributed by atoms with van der Waals surface area (Å²) in [6, 6.07) is 20.0. The van der Waals surface area contributed by atoms with Gasteiger partial charge in [0.25, 0.3) is 0 Å². The molecule has 8 heteroatoms. The third kappa shape index (κ3) is 4.79. The lowest BCUT2D eigenvalue weighted by Gasteiger charge is -2.38. The van der Waals surface area contributed by atoms with Gasteiger partial charge in [0, 0.05) is 34.8 Å². The molecule has 7 rings (SSSR count). The fraction of sp³-hybridized carbons (Fsp3) is 0.355. The Bertz CT molecular complexity index is 1520. The molecule has 2 unspecified atom stereocenters. The lowest BCUT2D eigenvalue weighted by atomic mass is 9.99. The van der Waals surface area contributed by atoms with Crippen molar-refractivity contribution in [3.8, 4) is 11.3 Å². The zero-order valence-corrected chi connectivity index (χ0v) is 22.9. The topological polar surface area (TPSA) is 67.6 Å². The van der Waals surface area contributed by atoms with Gasteiger partial charge >= 0.3 is 6.03 Å². The van der Waals surface area contributed by atoms with Crippen LogP contribution in [0.5, 0.6) is 0 Å². The highest BCUT2D eigenvalue weighted by Gasteiger charge is 2.44. The first-order valence-corrected chi connectivity index (χ1v) is 14.4. The number of nitrogens with zero attached hydrogens (tertiary/aromatic N) is 2. The van der Waals surface area contributed by atoms with Crippen molar-refractivity contribution in [2.45, 2.75) is 69.2 Å². The third-order valence-electron chi connectivity index (χ3n) is 8.35. The van der Waals surface area contributed by atoms with E-state index in [-0.39, 0.29) is 24.2 Å². The second kappa shape index (κ2) is 10.2. The van der Waals surface area contributed by atoms with Crippen LogP contribution >= 0.6 is 23.2 Å². The lowest BCUT2D eigenvalue weighted by Crippen LogP contribution is -2.50. The van der Waals surface area contributed by atoms with Crippen LogP contribution in [-0.2, 0) is 11.3 Å². The maximum Gasteiger partial charge on any atom is 0.322 e. The number of nitrogens with one attached hydrogen (secondary N) is 1. The fourth-order valence-corrected chi connectivity index (χ4v) is 6.88. The molecule has 39 heavy (non-hydrogen) atoms. The largest absolute Gasteiger partial charge is 0.373 e. The number of halogens is 2. The first kappa shape index (κ1) is 24.9. The number of urea groups is 1. The average molecular weight is 562 g/mol. The quantitative estimate of drug-likeness (QED) is 0.256. The molecule has 4 aromatic rings. The minimum atomic E-state index is -0.0260. The normalized spacial score (nSPS) is 22.4. The van der Waals surface area contributed by atoms with Gasteiger partial charge in [0.05, 0.1) is 22.8 Å². The molecule has 3 aromatic carbocycles. The molecule has 2 atom stereocenters. The summed E-state index contributed by atoms with van der Waals surface area (Å²) >= 11 is 13.0. The monoisotopic (exact) mass is 561 g/mol. The van der Waals surface area contributed by atoms with Crippen LogP contribution in [0, 0.1) is 0 Å². The van der Waals surface area contributed by atoms with Gasteiger partial charge < -0.3 is 19.5 Å². The minimum absolute atomic E-state index is 0.0260. The van der Waals surface area contributed by atoms with E-state index in [1.165, 1.54) is 0 Å². The summed E-state index contributed by atoms with van der Waals surface area (Å²) in [5.74, 6) is 1.26. The van der Waals surface area contributed by atoms with Gasteiger partial charge in [-0.3, -0.25) is 0 Å². The first-order chi connectivity index (χ1) is 19.0. The van der Waals surface area contributed by atoms with Crippen LogP contribution in [0.3, 0.4) is 0 Å². The molecule has 2 bridgehead atoms. The van der Waals surface area contributed by atoms with Crippen LogP contribution in [0.25, 0.3) is 22.0 Å². The van der Waals surface area contributed by atoms with Gasteiger partial charge in [0.1, 0.15) is 11.5 Å². The van der Waals surface area contributed by atoms with Crippen molar-refractivity contribution in [2.75, 3.05) is 5.32 Å². The van der Waals surface area contributed by atoms with E-state index >= 15 is 0 Å². The molecule has 1 N–H and O–H groups in total. The fourth-order valence-electron chi connectivity index (χ4n) is 6.30. The molecule has 3 heterocycles. The second-order valence-corrected chi connectivity index (χ2v) is 11.7.